The fourth-order valence-electron chi connectivity index (χ4n) is 1.37. The van der Waals surface area contributed by atoms with Gasteiger partial charge < -0.3 is 15.2 Å². The number of amides is 1. The van der Waals surface area contributed by atoms with Gasteiger partial charge in [0, 0.05) is 18.4 Å². The highest BCUT2D eigenvalue weighted by molar-refractivity contribution is 7.99. The van der Waals surface area contributed by atoms with Gasteiger partial charge in [0.25, 0.3) is 0 Å². The largest absolute Gasteiger partial charge is 0.493 e. The Morgan fingerprint density at radius 3 is 2.60 bits per heavy atom. The van der Waals surface area contributed by atoms with Crippen molar-refractivity contribution in [3.8, 4) is 5.75 Å². The second kappa shape index (κ2) is 8.42. The average Bonchev–Trinajstić information content (AvgIpc) is 2.38. The lowest BCUT2D eigenvalue weighted by molar-refractivity contribution is -0.140. The van der Waals surface area contributed by atoms with Crippen LogP contribution in [0, 0.1) is 5.82 Å². The molecule has 0 aromatic heterocycles. The summed E-state index contributed by atoms with van der Waals surface area (Å²) in [6.07, 6.45) is 0. The first-order chi connectivity index (χ1) is 9.49. The molecule has 7 heteroatoms. The lowest BCUT2D eigenvalue weighted by Gasteiger charge is -2.12. The second-order valence-electron chi connectivity index (χ2n) is 3.97. The molecule has 0 bridgehead atoms. The van der Waals surface area contributed by atoms with Crippen LogP contribution in [0.3, 0.4) is 0 Å². The van der Waals surface area contributed by atoms with Crippen molar-refractivity contribution >= 4 is 23.6 Å². The highest BCUT2D eigenvalue weighted by Crippen LogP contribution is 2.12. The van der Waals surface area contributed by atoms with Crippen LogP contribution in [-0.2, 0) is 9.59 Å². The molecule has 0 spiro atoms. The van der Waals surface area contributed by atoms with Crippen LogP contribution in [0.25, 0.3) is 0 Å². The zero-order valence-corrected chi connectivity index (χ0v) is 11.8. The lowest BCUT2D eigenvalue weighted by Crippen LogP contribution is -2.41. The van der Waals surface area contributed by atoms with Crippen LogP contribution in [0.4, 0.5) is 4.39 Å². The van der Waals surface area contributed by atoms with Gasteiger partial charge in [-0.15, -0.1) is 0 Å². The van der Waals surface area contributed by atoms with Crippen molar-refractivity contribution in [2.45, 2.75) is 13.0 Å². The molecule has 1 rings (SSSR count). The number of halogens is 1. The number of rotatable bonds is 8. The Morgan fingerprint density at radius 1 is 1.40 bits per heavy atom. The van der Waals surface area contributed by atoms with Gasteiger partial charge in [-0.3, -0.25) is 4.79 Å². The van der Waals surface area contributed by atoms with Crippen LogP contribution in [0.1, 0.15) is 6.92 Å². The summed E-state index contributed by atoms with van der Waals surface area (Å²) in [5.74, 6) is -0.370. The van der Waals surface area contributed by atoms with E-state index in [0.29, 0.717) is 18.1 Å². The van der Waals surface area contributed by atoms with Gasteiger partial charge >= 0.3 is 5.97 Å². The summed E-state index contributed by atoms with van der Waals surface area (Å²) in [6.45, 7) is 1.65. The molecular weight excluding hydrogens is 285 g/mol. The number of hydrogen-bond acceptors (Lipinski definition) is 4. The van der Waals surface area contributed by atoms with Gasteiger partial charge in [0.05, 0.1) is 6.61 Å². The van der Waals surface area contributed by atoms with E-state index in [2.05, 4.69) is 5.32 Å². The summed E-state index contributed by atoms with van der Waals surface area (Å²) in [5, 5.41) is 11.2. The summed E-state index contributed by atoms with van der Waals surface area (Å²) in [4.78, 5) is 21.7. The van der Waals surface area contributed by atoms with Crippen LogP contribution in [0.5, 0.6) is 5.75 Å². The van der Waals surface area contributed by atoms with E-state index in [9.17, 15) is 14.0 Å². The predicted molar refractivity (Wildman–Crippen MR) is 74.5 cm³/mol. The minimum atomic E-state index is -1.06. The van der Waals surface area contributed by atoms with Gasteiger partial charge in [-0.2, -0.15) is 11.8 Å². The van der Waals surface area contributed by atoms with Gasteiger partial charge in [0.15, 0.2) is 0 Å². The molecule has 0 aliphatic rings. The molecule has 0 aliphatic heterocycles. The summed E-state index contributed by atoms with van der Waals surface area (Å²) in [7, 11) is 0. The second-order valence-corrected chi connectivity index (χ2v) is 5.12. The number of carboxylic acids is 1. The maximum atomic E-state index is 12.6. The predicted octanol–water partition coefficient (Wildman–Crippen LogP) is 1.53. The molecule has 20 heavy (non-hydrogen) atoms. The van der Waals surface area contributed by atoms with Crippen molar-refractivity contribution in [1.29, 1.82) is 0 Å². The quantitative estimate of drug-likeness (QED) is 0.712. The Balaban J connectivity index is 2.21. The highest BCUT2D eigenvalue weighted by atomic mass is 32.2. The summed E-state index contributed by atoms with van der Waals surface area (Å²) in [5.41, 5.74) is 0. The fraction of sp³-hybridized carbons (Fsp3) is 0.385. The molecule has 0 aliphatic carbocycles. The first kappa shape index (κ1) is 16.3. The average molecular weight is 301 g/mol. The SMILES string of the molecule is CC(=O)N[C@@H](CSCCOc1ccc(F)cc1)C(=O)O. The number of carbonyl (C=O) groups excluding carboxylic acids is 1. The molecule has 0 unspecified atom stereocenters. The number of carboxylic acid groups (broad SMARTS) is 1. The monoisotopic (exact) mass is 301 g/mol. The fourth-order valence-corrected chi connectivity index (χ4v) is 2.20. The van der Waals surface area contributed by atoms with Crippen LogP contribution in [0.2, 0.25) is 0 Å². The number of hydrogen-bond donors (Lipinski definition) is 2. The number of benzene rings is 1. The van der Waals surface area contributed by atoms with Crippen LogP contribution in [-0.4, -0.2) is 41.1 Å². The molecule has 1 aromatic carbocycles. The van der Waals surface area contributed by atoms with E-state index in [0.717, 1.165) is 0 Å². The molecule has 1 aromatic rings. The number of ether oxygens (including phenoxy) is 1. The molecule has 0 radical (unpaired) electrons. The van der Waals surface area contributed by atoms with E-state index in [1.807, 2.05) is 0 Å². The molecule has 0 heterocycles. The molecular formula is C13H16FNO4S. The van der Waals surface area contributed by atoms with Gasteiger partial charge in [-0.05, 0) is 24.3 Å². The Morgan fingerprint density at radius 2 is 2.05 bits per heavy atom. The maximum absolute atomic E-state index is 12.6. The van der Waals surface area contributed by atoms with Crippen molar-refractivity contribution < 1.29 is 23.8 Å². The third-order valence-corrected chi connectivity index (χ3v) is 3.29. The zero-order chi connectivity index (χ0) is 15.0. The van der Waals surface area contributed by atoms with E-state index in [-0.39, 0.29) is 17.5 Å². The summed E-state index contributed by atoms with van der Waals surface area (Å²) in [6, 6.07) is 4.76. The Bertz CT molecular complexity index is 452. The van der Waals surface area contributed by atoms with Crippen LogP contribution >= 0.6 is 11.8 Å². The number of nitrogens with one attached hydrogen (secondary N) is 1. The molecule has 2 N–H and O–H groups in total. The van der Waals surface area contributed by atoms with Crippen molar-refractivity contribution in [2.75, 3.05) is 18.1 Å². The van der Waals surface area contributed by atoms with Crippen molar-refractivity contribution in [3.63, 3.8) is 0 Å². The standard InChI is InChI=1S/C13H16FNO4S/c1-9(16)15-12(13(17)18)8-20-7-6-19-11-4-2-10(14)3-5-11/h2-5,12H,6-8H2,1H3,(H,15,16)(H,17,18)/t12-/m0/s1. The normalized spacial score (nSPS) is 11.7. The van der Waals surface area contributed by atoms with E-state index >= 15 is 0 Å². The summed E-state index contributed by atoms with van der Waals surface area (Å²) >= 11 is 1.36. The molecule has 0 saturated heterocycles. The van der Waals surface area contributed by atoms with E-state index < -0.39 is 12.0 Å². The molecule has 5 nitrogen and oxygen atoms in total. The van der Waals surface area contributed by atoms with Gasteiger partial charge in [0.2, 0.25) is 5.91 Å². The lowest BCUT2D eigenvalue weighted by atomic mass is 10.3. The smallest absolute Gasteiger partial charge is 0.327 e. The van der Waals surface area contributed by atoms with Crippen LogP contribution < -0.4 is 10.1 Å². The molecule has 0 fully saturated rings. The minimum Gasteiger partial charge on any atom is -0.493 e. The first-order valence-electron chi connectivity index (χ1n) is 5.95. The van der Waals surface area contributed by atoms with E-state index in [1.54, 1.807) is 0 Å². The van der Waals surface area contributed by atoms with Crippen molar-refractivity contribution in [1.82, 2.24) is 5.32 Å². The molecule has 1 atom stereocenters. The topological polar surface area (TPSA) is 75.6 Å². The first-order valence-corrected chi connectivity index (χ1v) is 7.10. The third-order valence-electron chi connectivity index (χ3n) is 2.27. The van der Waals surface area contributed by atoms with E-state index in [4.69, 9.17) is 9.84 Å². The molecule has 110 valence electrons. The van der Waals surface area contributed by atoms with Gasteiger partial charge in [0.1, 0.15) is 17.6 Å². The van der Waals surface area contributed by atoms with Crippen LogP contribution in [0.15, 0.2) is 24.3 Å². The Labute approximate surface area is 120 Å². The summed E-state index contributed by atoms with van der Waals surface area (Å²) < 4.78 is 18.0. The number of carbonyl (C=O) groups is 2. The minimum absolute atomic E-state index is 0.266. The van der Waals surface area contributed by atoms with Gasteiger partial charge in [-0.25, -0.2) is 9.18 Å². The zero-order valence-electron chi connectivity index (χ0n) is 11.0. The maximum Gasteiger partial charge on any atom is 0.327 e. The molecule has 0 saturated carbocycles. The number of aliphatic carboxylic acids is 1. The van der Waals surface area contributed by atoms with Gasteiger partial charge in [-0.1, -0.05) is 0 Å². The van der Waals surface area contributed by atoms with Crippen molar-refractivity contribution in [3.05, 3.63) is 30.1 Å². The highest BCUT2D eigenvalue weighted by Gasteiger charge is 2.17. The Hall–Kier alpha value is -1.76. The molecule has 1 amide bonds. The third kappa shape index (κ3) is 6.42. The van der Waals surface area contributed by atoms with Crippen molar-refractivity contribution in [2.24, 2.45) is 0 Å². The number of thioether (sulfide) groups is 1. The Kier molecular flexibility index (Phi) is 6.86. The van der Waals surface area contributed by atoms with E-state index in [1.165, 1.54) is 43.0 Å².